The minimum atomic E-state index is -0.880. The smallest absolute Gasteiger partial charge is 0.362 e. The van der Waals surface area contributed by atoms with E-state index in [9.17, 15) is 19.5 Å². The number of carboxylic acids is 1. The van der Waals surface area contributed by atoms with Crippen molar-refractivity contribution < 1.29 is 38.2 Å². The van der Waals surface area contributed by atoms with E-state index in [0.717, 1.165) is 96.3 Å². The molecule has 8 heteroatoms. The van der Waals surface area contributed by atoms with Crippen molar-refractivity contribution in [2.75, 3.05) is 41.0 Å². The number of carbonyl (C=O) groups is 3. The average Bonchev–Trinajstić information content (AvgIpc) is 3.26. The van der Waals surface area contributed by atoms with Gasteiger partial charge < -0.3 is 23.8 Å². The topological polar surface area (TPSA) is 99.1 Å². The first kappa shape index (κ1) is 60.5. The third kappa shape index (κ3) is 43.7. The molecule has 2 atom stereocenters. The van der Waals surface area contributed by atoms with Crippen molar-refractivity contribution >= 4 is 17.9 Å². The largest absolute Gasteiger partial charge is 0.477 e. The summed E-state index contributed by atoms with van der Waals surface area (Å²) in [6.07, 6.45) is 60.6. The Kier molecular flexibility index (Phi) is 43.5. The average molecular weight is 895 g/mol. The van der Waals surface area contributed by atoms with Crippen molar-refractivity contribution in [1.82, 2.24) is 0 Å². The SMILES string of the molecule is CC/C=C/C/C=C/C/C=C/C/C=C/CCCCCCCCCC(=O)OC(COCCC(C(=O)O)[N+](C)(C)C)COC(=O)CCCCCCCCCCCC/C=C/C/C=C/C/C=C/CC. The maximum absolute atomic E-state index is 12.8. The summed E-state index contributed by atoms with van der Waals surface area (Å²) in [6.45, 7) is 4.50. The Hall–Kier alpha value is -3.49. The van der Waals surface area contributed by atoms with Gasteiger partial charge in [-0.15, -0.1) is 0 Å². The third-order valence-corrected chi connectivity index (χ3v) is 11.0. The fraction of sp³-hybridized carbons (Fsp3) is 0.696. The Balaban J connectivity index is 4.28. The molecule has 0 amide bonds. The zero-order chi connectivity index (χ0) is 47.0. The number of quaternary nitrogens is 1. The molecule has 8 nitrogen and oxygen atoms in total. The van der Waals surface area contributed by atoms with Crippen molar-refractivity contribution in [2.24, 2.45) is 0 Å². The molecule has 0 fully saturated rings. The predicted octanol–water partition coefficient (Wildman–Crippen LogP) is 14.9. The maximum atomic E-state index is 12.8. The molecule has 0 aliphatic heterocycles. The van der Waals surface area contributed by atoms with Crippen LogP contribution in [0.3, 0.4) is 0 Å². The van der Waals surface area contributed by atoms with Gasteiger partial charge in [-0.1, -0.05) is 182 Å². The number of unbranched alkanes of at least 4 members (excludes halogenated alkanes) is 17. The monoisotopic (exact) mass is 895 g/mol. The molecule has 0 aliphatic carbocycles. The molecule has 0 aromatic carbocycles. The summed E-state index contributed by atoms with van der Waals surface area (Å²) in [5.41, 5.74) is 0. The Bertz CT molecular complexity index is 1320. The molecule has 0 radical (unpaired) electrons. The van der Waals surface area contributed by atoms with Gasteiger partial charge in [-0.2, -0.15) is 0 Å². The lowest BCUT2D eigenvalue weighted by atomic mass is 10.1. The molecule has 0 bridgehead atoms. The van der Waals surface area contributed by atoms with Crippen LogP contribution in [-0.4, -0.2) is 80.6 Å². The van der Waals surface area contributed by atoms with Gasteiger partial charge in [0.15, 0.2) is 12.1 Å². The highest BCUT2D eigenvalue weighted by Gasteiger charge is 2.31. The number of nitrogens with zero attached hydrogens (tertiary/aromatic N) is 1. The first-order chi connectivity index (χ1) is 31.1. The van der Waals surface area contributed by atoms with Gasteiger partial charge in [-0.25, -0.2) is 4.79 Å². The highest BCUT2D eigenvalue weighted by atomic mass is 16.6. The molecule has 366 valence electrons. The van der Waals surface area contributed by atoms with E-state index in [-0.39, 0.29) is 36.2 Å². The number of aliphatic carboxylic acids is 1. The number of hydrogen-bond donors (Lipinski definition) is 1. The quantitative estimate of drug-likeness (QED) is 0.0281. The molecule has 0 aromatic heterocycles. The van der Waals surface area contributed by atoms with Crippen molar-refractivity contribution in [3.8, 4) is 0 Å². The first-order valence-corrected chi connectivity index (χ1v) is 25.6. The number of allylic oxidation sites excluding steroid dienone is 14. The number of carbonyl (C=O) groups excluding carboxylic acids is 2. The third-order valence-electron chi connectivity index (χ3n) is 11.0. The molecule has 2 unspecified atom stereocenters. The van der Waals surface area contributed by atoms with Crippen molar-refractivity contribution in [2.45, 2.75) is 212 Å². The second kappa shape index (κ2) is 46.1. The van der Waals surface area contributed by atoms with E-state index < -0.39 is 18.1 Å². The van der Waals surface area contributed by atoms with Gasteiger partial charge >= 0.3 is 17.9 Å². The fourth-order valence-corrected chi connectivity index (χ4v) is 7.16. The minimum Gasteiger partial charge on any atom is -0.477 e. The Morgan fingerprint density at radius 3 is 1.22 bits per heavy atom. The Morgan fingerprint density at radius 1 is 0.469 bits per heavy atom. The number of esters is 2. The van der Waals surface area contributed by atoms with Crippen LogP contribution in [0.4, 0.5) is 0 Å². The van der Waals surface area contributed by atoms with Gasteiger partial charge in [0, 0.05) is 19.3 Å². The van der Waals surface area contributed by atoms with Gasteiger partial charge in [0.1, 0.15) is 6.61 Å². The van der Waals surface area contributed by atoms with Crippen LogP contribution in [0.1, 0.15) is 200 Å². The van der Waals surface area contributed by atoms with E-state index in [0.29, 0.717) is 19.3 Å². The number of hydrogen-bond acceptors (Lipinski definition) is 6. The van der Waals surface area contributed by atoms with E-state index in [1.165, 1.54) is 70.6 Å². The van der Waals surface area contributed by atoms with E-state index >= 15 is 0 Å². The highest BCUT2D eigenvalue weighted by molar-refractivity contribution is 5.72. The summed E-state index contributed by atoms with van der Waals surface area (Å²) in [4.78, 5) is 37.2. The molecular formula is C56H96NO7+. The number of carboxylic acid groups (broad SMARTS) is 1. The van der Waals surface area contributed by atoms with Crippen LogP contribution in [0, 0.1) is 0 Å². The van der Waals surface area contributed by atoms with Gasteiger partial charge in [0.2, 0.25) is 0 Å². The number of likely N-dealkylation sites (N-methyl/N-ethyl adjacent to an activating group) is 1. The van der Waals surface area contributed by atoms with Crippen LogP contribution in [0.15, 0.2) is 85.1 Å². The Labute approximate surface area is 393 Å². The summed E-state index contributed by atoms with van der Waals surface area (Å²) in [5, 5.41) is 9.66. The summed E-state index contributed by atoms with van der Waals surface area (Å²) in [6, 6.07) is -0.622. The van der Waals surface area contributed by atoms with E-state index in [4.69, 9.17) is 14.2 Å². The number of ether oxygens (including phenoxy) is 3. The zero-order valence-electron chi connectivity index (χ0n) is 41.7. The standard InChI is InChI=1S/C56H95NO7/c1-6-8-10-12-14-16-18-20-22-24-26-28-30-32-34-36-38-40-42-44-46-54(58)63-51-52(50-62-49-48-53(56(60)61)57(3,4)5)64-55(59)47-45-43-41-39-37-35-33-31-29-27-25-23-21-19-17-15-13-11-9-7-2/h8-11,14-17,20-23,27,29,52-53H,6-7,12-13,18-19,24-26,28,30-51H2,1-5H3/p+1/b10-8+,11-9+,16-14+,17-15+,22-20+,23-21+,29-27+. The lowest BCUT2D eigenvalue weighted by Gasteiger charge is -2.31. The van der Waals surface area contributed by atoms with Crippen LogP contribution < -0.4 is 0 Å². The lowest BCUT2D eigenvalue weighted by Crippen LogP contribution is -2.50. The Morgan fingerprint density at radius 2 is 0.828 bits per heavy atom. The molecule has 0 heterocycles. The molecule has 1 N–H and O–H groups in total. The van der Waals surface area contributed by atoms with Crippen LogP contribution in [0.25, 0.3) is 0 Å². The van der Waals surface area contributed by atoms with E-state index in [1.54, 1.807) is 0 Å². The van der Waals surface area contributed by atoms with Crippen LogP contribution in [0.5, 0.6) is 0 Å². The van der Waals surface area contributed by atoms with Gasteiger partial charge in [-0.05, 0) is 83.5 Å². The molecule has 0 aromatic rings. The van der Waals surface area contributed by atoms with Crippen molar-refractivity contribution in [3.05, 3.63) is 85.1 Å². The van der Waals surface area contributed by atoms with Crippen molar-refractivity contribution in [3.63, 3.8) is 0 Å². The first-order valence-electron chi connectivity index (χ1n) is 25.6. The summed E-state index contributed by atoms with van der Waals surface area (Å²) in [5.74, 6) is -1.49. The minimum absolute atomic E-state index is 0.0515. The van der Waals surface area contributed by atoms with Crippen LogP contribution in [0.2, 0.25) is 0 Å². The summed E-state index contributed by atoms with van der Waals surface area (Å²) in [7, 11) is 5.53. The molecule has 0 spiro atoms. The molecule has 0 aliphatic rings. The second-order valence-corrected chi connectivity index (χ2v) is 18.0. The van der Waals surface area contributed by atoms with Gasteiger partial charge in [0.05, 0.1) is 34.4 Å². The molecule has 0 saturated heterocycles. The fourth-order valence-electron chi connectivity index (χ4n) is 7.16. The molecule has 0 rings (SSSR count). The number of rotatable bonds is 45. The summed E-state index contributed by atoms with van der Waals surface area (Å²) < 4.78 is 17.3. The van der Waals surface area contributed by atoms with Crippen molar-refractivity contribution in [1.29, 1.82) is 0 Å². The van der Waals surface area contributed by atoms with Gasteiger partial charge in [0.25, 0.3) is 0 Å². The van der Waals surface area contributed by atoms with Crippen LogP contribution >= 0.6 is 0 Å². The maximum Gasteiger partial charge on any atom is 0.362 e. The van der Waals surface area contributed by atoms with E-state index in [1.807, 2.05) is 21.1 Å². The lowest BCUT2D eigenvalue weighted by molar-refractivity contribution is -0.887. The molecular weight excluding hydrogens is 799 g/mol. The molecule has 64 heavy (non-hydrogen) atoms. The highest BCUT2D eigenvalue weighted by Crippen LogP contribution is 2.15. The zero-order valence-corrected chi connectivity index (χ0v) is 41.7. The molecule has 0 saturated carbocycles. The van der Waals surface area contributed by atoms with E-state index in [2.05, 4.69) is 98.9 Å². The summed E-state index contributed by atoms with van der Waals surface area (Å²) >= 11 is 0. The van der Waals surface area contributed by atoms with Gasteiger partial charge in [-0.3, -0.25) is 9.59 Å². The van der Waals surface area contributed by atoms with Crippen LogP contribution in [-0.2, 0) is 28.6 Å². The predicted molar refractivity (Wildman–Crippen MR) is 270 cm³/mol. The second-order valence-electron chi connectivity index (χ2n) is 18.0. The normalized spacial score (nSPS) is 13.6.